The Balaban J connectivity index is 2.59. The van der Waals surface area contributed by atoms with E-state index in [1.165, 1.54) is 17.3 Å². The molecule has 0 bridgehead atoms. The highest BCUT2D eigenvalue weighted by Crippen LogP contribution is 2.20. The van der Waals surface area contributed by atoms with E-state index < -0.39 is 0 Å². The SMILES string of the molecule is CCCc1ncc(CC)c2nsnc12. The van der Waals surface area contributed by atoms with E-state index in [0.29, 0.717) is 0 Å². The second kappa shape index (κ2) is 4.00. The van der Waals surface area contributed by atoms with E-state index in [1.54, 1.807) is 0 Å². The first kappa shape index (κ1) is 9.52. The minimum atomic E-state index is 0.974. The van der Waals surface area contributed by atoms with E-state index in [2.05, 4.69) is 27.6 Å². The van der Waals surface area contributed by atoms with Crippen molar-refractivity contribution in [2.24, 2.45) is 0 Å². The molecule has 2 aromatic heterocycles. The standard InChI is InChI=1S/C10H13N3S/c1-3-5-8-10-9(12-14-13-10)7(4-2)6-11-8/h6H,3-5H2,1-2H3. The Hall–Kier alpha value is -1.03. The molecule has 0 spiro atoms. The first-order valence-corrected chi connectivity index (χ1v) is 5.68. The van der Waals surface area contributed by atoms with Crippen LogP contribution in [0.4, 0.5) is 0 Å². The van der Waals surface area contributed by atoms with E-state index in [-0.39, 0.29) is 0 Å². The molecule has 0 aromatic carbocycles. The minimum absolute atomic E-state index is 0.974. The van der Waals surface area contributed by atoms with Gasteiger partial charge in [-0.15, -0.1) is 0 Å². The van der Waals surface area contributed by atoms with Gasteiger partial charge in [0.25, 0.3) is 0 Å². The van der Waals surface area contributed by atoms with Gasteiger partial charge in [-0.3, -0.25) is 4.98 Å². The lowest BCUT2D eigenvalue weighted by Crippen LogP contribution is -1.94. The van der Waals surface area contributed by atoms with Gasteiger partial charge < -0.3 is 0 Å². The molecule has 0 aliphatic rings. The largest absolute Gasteiger partial charge is 0.259 e. The zero-order valence-corrected chi connectivity index (χ0v) is 9.27. The van der Waals surface area contributed by atoms with Crippen molar-refractivity contribution in [3.63, 3.8) is 0 Å². The number of nitrogens with zero attached hydrogens (tertiary/aromatic N) is 3. The second-order valence-electron chi connectivity index (χ2n) is 3.30. The van der Waals surface area contributed by atoms with E-state index in [4.69, 9.17) is 0 Å². The lowest BCUT2D eigenvalue weighted by Gasteiger charge is -2.01. The van der Waals surface area contributed by atoms with Gasteiger partial charge in [0.15, 0.2) is 0 Å². The van der Waals surface area contributed by atoms with Crippen LogP contribution in [0.1, 0.15) is 31.5 Å². The van der Waals surface area contributed by atoms with Crippen molar-refractivity contribution in [3.05, 3.63) is 17.5 Å². The van der Waals surface area contributed by atoms with E-state index in [9.17, 15) is 0 Å². The predicted molar refractivity (Wildman–Crippen MR) is 58.6 cm³/mol. The topological polar surface area (TPSA) is 38.7 Å². The lowest BCUT2D eigenvalue weighted by atomic mass is 10.1. The number of rotatable bonds is 3. The van der Waals surface area contributed by atoms with Crippen molar-refractivity contribution in [2.45, 2.75) is 33.1 Å². The average Bonchev–Trinajstić information content (AvgIpc) is 2.67. The minimum Gasteiger partial charge on any atom is -0.259 e. The maximum Gasteiger partial charge on any atom is 0.126 e. The van der Waals surface area contributed by atoms with Gasteiger partial charge >= 0.3 is 0 Å². The molecule has 0 N–H and O–H groups in total. The van der Waals surface area contributed by atoms with Crippen LogP contribution < -0.4 is 0 Å². The van der Waals surface area contributed by atoms with E-state index >= 15 is 0 Å². The van der Waals surface area contributed by atoms with Gasteiger partial charge in [-0.2, -0.15) is 8.75 Å². The molecule has 0 fully saturated rings. The molecule has 2 heterocycles. The molecule has 0 atom stereocenters. The van der Waals surface area contributed by atoms with Crippen LogP contribution >= 0.6 is 11.7 Å². The molecule has 0 radical (unpaired) electrons. The fourth-order valence-electron chi connectivity index (χ4n) is 1.55. The number of hydrogen-bond donors (Lipinski definition) is 0. The smallest absolute Gasteiger partial charge is 0.126 e. The van der Waals surface area contributed by atoms with Crippen LogP contribution in [0, 0.1) is 0 Å². The van der Waals surface area contributed by atoms with Gasteiger partial charge in [0, 0.05) is 6.20 Å². The molecule has 0 amide bonds. The molecular weight excluding hydrogens is 194 g/mol. The Morgan fingerprint density at radius 3 is 2.71 bits per heavy atom. The highest BCUT2D eigenvalue weighted by atomic mass is 32.1. The fraction of sp³-hybridized carbons (Fsp3) is 0.500. The molecule has 0 saturated heterocycles. The Bertz CT molecular complexity index is 436. The molecule has 4 heteroatoms. The molecule has 74 valence electrons. The molecular formula is C10H13N3S. The third kappa shape index (κ3) is 1.50. The number of aryl methyl sites for hydroxylation is 2. The van der Waals surface area contributed by atoms with Crippen LogP contribution in [-0.2, 0) is 12.8 Å². The molecule has 0 aliphatic heterocycles. The van der Waals surface area contributed by atoms with Crippen molar-refractivity contribution < 1.29 is 0 Å². The average molecular weight is 207 g/mol. The Morgan fingerprint density at radius 1 is 1.21 bits per heavy atom. The summed E-state index contributed by atoms with van der Waals surface area (Å²) in [4.78, 5) is 4.44. The van der Waals surface area contributed by atoms with Crippen LogP contribution in [0.2, 0.25) is 0 Å². The number of aromatic nitrogens is 3. The number of hydrogen-bond acceptors (Lipinski definition) is 4. The summed E-state index contributed by atoms with van der Waals surface area (Å²) >= 11 is 1.28. The van der Waals surface area contributed by atoms with Gasteiger partial charge in [0.05, 0.1) is 17.4 Å². The highest BCUT2D eigenvalue weighted by Gasteiger charge is 2.09. The van der Waals surface area contributed by atoms with Gasteiger partial charge in [-0.05, 0) is 18.4 Å². The quantitative estimate of drug-likeness (QED) is 0.776. The number of pyridine rings is 1. The molecule has 2 aromatic rings. The summed E-state index contributed by atoms with van der Waals surface area (Å²) in [7, 11) is 0. The fourth-order valence-corrected chi connectivity index (χ4v) is 2.14. The highest BCUT2D eigenvalue weighted by molar-refractivity contribution is 7.00. The van der Waals surface area contributed by atoms with Crippen LogP contribution in [-0.4, -0.2) is 13.7 Å². The molecule has 0 aliphatic carbocycles. The zero-order chi connectivity index (χ0) is 9.97. The molecule has 3 nitrogen and oxygen atoms in total. The van der Waals surface area contributed by atoms with Gasteiger partial charge in [-0.25, -0.2) is 0 Å². The molecule has 0 unspecified atom stereocenters. The Labute approximate surface area is 87.5 Å². The summed E-state index contributed by atoms with van der Waals surface area (Å²) in [5.74, 6) is 0. The maximum atomic E-state index is 4.44. The van der Waals surface area contributed by atoms with Crippen molar-refractivity contribution in [3.8, 4) is 0 Å². The van der Waals surface area contributed by atoms with Crippen LogP contribution in [0.3, 0.4) is 0 Å². The lowest BCUT2D eigenvalue weighted by molar-refractivity contribution is 0.887. The third-order valence-electron chi connectivity index (χ3n) is 2.31. The normalized spacial score (nSPS) is 11.0. The summed E-state index contributed by atoms with van der Waals surface area (Å²) < 4.78 is 8.64. The first-order chi connectivity index (χ1) is 6.86. The predicted octanol–water partition coefficient (Wildman–Crippen LogP) is 2.60. The van der Waals surface area contributed by atoms with Crippen LogP contribution in [0.15, 0.2) is 6.20 Å². The molecule has 0 saturated carbocycles. The van der Waals surface area contributed by atoms with Crippen molar-refractivity contribution in [2.75, 3.05) is 0 Å². The van der Waals surface area contributed by atoms with E-state index in [0.717, 1.165) is 36.0 Å². The van der Waals surface area contributed by atoms with Crippen molar-refractivity contribution >= 4 is 22.8 Å². The first-order valence-electron chi connectivity index (χ1n) is 4.95. The maximum absolute atomic E-state index is 4.44. The Kier molecular flexibility index (Phi) is 2.72. The molecule has 2 rings (SSSR count). The van der Waals surface area contributed by atoms with Gasteiger partial charge in [-0.1, -0.05) is 20.3 Å². The Morgan fingerprint density at radius 2 is 2.00 bits per heavy atom. The van der Waals surface area contributed by atoms with Gasteiger partial charge in [0.2, 0.25) is 0 Å². The van der Waals surface area contributed by atoms with Crippen LogP contribution in [0.25, 0.3) is 11.0 Å². The summed E-state index contributed by atoms with van der Waals surface area (Å²) in [5, 5.41) is 0. The zero-order valence-electron chi connectivity index (χ0n) is 8.45. The van der Waals surface area contributed by atoms with Crippen LogP contribution in [0.5, 0.6) is 0 Å². The van der Waals surface area contributed by atoms with E-state index in [1.807, 2.05) is 6.20 Å². The summed E-state index contributed by atoms with van der Waals surface area (Å²) in [6.07, 6.45) is 5.01. The number of fused-ring (bicyclic) bond motifs is 1. The summed E-state index contributed by atoms with van der Waals surface area (Å²) in [5.41, 5.74) is 4.36. The second-order valence-corrected chi connectivity index (χ2v) is 3.82. The van der Waals surface area contributed by atoms with Gasteiger partial charge in [0.1, 0.15) is 11.0 Å². The van der Waals surface area contributed by atoms with Crippen molar-refractivity contribution in [1.82, 2.24) is 13.7 Å². The van der Waals surface area contributed by atoms with Crippen molar-refractivity contribution in [1.29, 1.82) is 0 Å². The monoisotopic (exact) mass is 207 g/mol. The summed E-state index contributed by atoms with van der Waals surface area (Å²) in [6, 6.07) is 0. The summed E-state index contributed by atoms with van der Waals surface area (Å²) in [6.45, 7) is 4.27. The molecule has 14 heavy (non-hydrogen) atoms. The third-order valence-corrected chi connectivity index (χ3v) is 2.84.